The number of nitrogens with zero attached hydrogens (tertiary/aromatic N) is 6. The van der Waals surface area contributed by atoms with Crippen LogP contribution in [0.25, 0.3) is 11.2 Å². The molecule has 1 atom stereocenters. The summed E-state index contributed by atoms with van der Waals surface area (Å²) in [7, 11) is 1.42. The van der Waals surface area contributed by atoms with E-state index in [2.05, 4.69) is 40.8 Å². The van der Waals surface area contributed by atoms with Gasteiger partial charge < -0.3 is 24.4 Å². The number of hydrogen-bond donors (Lipinski definition) is 1. The van der Waals surface area contributed by atoms with Gasteiger partial charge in [0.1, 0.15) is 0 Å². The molecule has 1 N–H and O–H groups in total. The van der Waals surface area contributed by atoms with Crippen molar-refractivity contribution < 1.29 is 9.53 Å². The number of rotatable bonds is 10. The Morgan fingerprint density at radius 2 is 1.89 bits per heavy atom. The van der Waals surface area contributed by atoms with Crippen LogP contribution in [0.4, 0.5) is 16.6 Å². The van der Waals surface area contributed by atoms with E-state index in [1.807, 2.05) is 24.5 Å². The fourth-order valence-electron chi connectivity index (χ4n) is 4.50. The van der Waals surface area contributed by atoms with Gasteiger partial charge in [-0.1, -0.05) is 63.4 Å². The second-order valence-electron chi connectivity index (χ2n) is 9.14. The van der Waals surface area contributed by atoms with Gasteiger partial charge in [-0.3, -0.25) is 0 Å². The number of piperazine rings is 1. The third-order valence-corrected chi connectivity index (χ3v) is 6.74. The van der Waals surface area contributed by atoms with Crippen molar-refractivity contribution in [3.05, 3.63) is 42.2 Å². The zero-order valence-electron chi connectivity index (χ0n) is 21.1. The number of carbonyl (C=O) groups excluding carboxylic acids is 1. The molecule has 2 aromatic heterocycles. The number of anilines is 2. The number of imidazole rings is 1. The molecule has 3 aromatic rings. The van der Waals surface area contributed by atoms with Gasteiger partial charge in [-0.2, -0.15) is 9.97 Å². The van der Waals surface area contributed by atoms with Gasteiger partial charge in [0.05, 0.1) is 20.0 Å². The van der Waals surface area contributed by atoms with Crippen molar-refractivity contribution in [3.8, 4) is 0 Å². The van der Waals surface area contributed by atoms with Gasteiger partial charge in [0.25, 0.3) is 0 Å². The number of ether oxygens (including phenoxy) is 1. The third-order valence-electron chi connectivity index (χ3n) is 6.74. The van der Waals surface area contributed by atoms with Crippen LogP contribution in [0.15, 0.2) is 36.7 Å². The normalized spacial score (nSPS) is 14.8. The minimum atomic E-state index is -0.290. The first-order valence-corrected chi connectivity index (χ1v) is 12.7. The second kappa shape index (κ2) is 11.9. The molecule has 0 saturated carbocycles. The summed E-state index contributed by atoms with van der Waals surface area (Å²) < 4.78 is 6.96. The van der Waals surface area contributed by atoms with E-state index in [-0.39, 0.29) is 6.09 Å². The predicted molar refractivity (Wildman–Crippen MR) is 139 cm³/mol. The van der Waals surface area contributed by atoms with Crippen LogP contribution in [0.2, 0.25) is 0 Å². The molecule has 1 aliphatic rings. The van der Waals surface area contributed by atoms with Gasteiger partial charge in [0.2, 0.25) is 5.95 Å². The van der Waals surface area contributed by atoms with Crippen molar-refractivity contribution in [2.24, 2.45) is 5.92 Å². The summed E-state index contributed by atoms with van der Waals surface area (Å²) in [6, 6.07) is 10.3. The highest BCUT2D eigenvalue weighted by Crippen LogP contribution is 2.25. The maximum Gasteiger partial charge on any atom is 0.409 e. The number of aromatic nitrogens is 4. The molecule has 0 spiro atoms. The van der Waals surface area contributed by atoms with Crippen LogP contribution >= 0.6 is 0 Å². The van der Waals surface area contributed by atoms with Crippen LogP contribution in [-0.2, 0) is 11.3 Å². The number of fused-ring (bicyclic) bond motifs is 1. The van der Waals surface area contributed by atoms with E-state index in [9.17, 15) is 4.79 Å². The van der Waals surface area contributed by atoms with Gasteiger partial charge in [-0.25, -0.2) is 9.78 Å². The molecule has 35 heavy (non-hydrogen) atoms. The molecule has 0 aliphatic carbocycles. The largest absolute Gasteiger partial charge is 0.453 e. The average molecular weight is 480 g/mol. The van der Waals surface area contributed by atoms with Crippen LogP contribution in [-0.4, -0.2) is 70.3 Å². The fourth-order valence-corrected chi connectivity index (χ4v) is 4.50. The summed E-state index contributed by atoms with van der Waals surface area (Å²) in [4.78, 5) is 30.3. The number of unbranched alkanes of at least 4 members (excludes halogenated alkanes) is 1. The van der Waals surface area contributed by atoms with Crippen LogP contribution in [0.5, 0.6) is 0 Å². The summed E-state index contributed by atoms with van der Waals surface area (Å²) in [5.74, 6) is 2.04. The third kappa shape index (κ3) is 6.01. The summed E-state index contributed by atoms with van der Waals surface area (Å²) in [6.45, 7) is 8.51. The summed E-state index contributed by atoms with van der Waals surface area (Å²) >= 11 is 0. The molecule has 9 heteroatoms. The van der Waals surface area contributed by atoms with E-state index in [0.29, 0.717) is 44.6 Å². The smallest absolute Gasteiger partial charge is 0.409 e. The maximum absolute atomic E-state index is 11.9. The lowest BCUT2D eigenvalue weighted by atomic mass is 9.99. The minimum absolute atomic E-state index is 0.290. The molecular weight excluding hydrogens is 442 g/mol. The molecule has 1 aromatic carbocycles. The SMILES string of the molecule is CCCCC(CC)CNc1nc(N2CCN(C(=O)OC)CC2)nc2c1ncn2Cc1ccccc1. The van der Waals surface area contributed by atoms with Gasteiger partial charge in [-0.05, 0) is 17.9 Å². The van der Waals surface area contributed by atoms with Gasteiger partial charge in [0.15, 0.2) is 17.0 Å². The zero-order valence-corrected chi connectivity index (χ0v) is 21.1. The molecule has 1 amide bonds. The van der Waals surface area contributed by atoms with Crippen LogP contribution in [0, 0.1) is 5.92 Å². The minimum Gasteiger partial charge on any atom is -0.453 e. The van der Waals surface area contributed by atoms with E-state index < -0.39 is 0 Å². The lowest BCUT2D eigenvalue weighted by Crippen LogP contribution is -2.49. The van der Waals surface area contributed by atoms with Gasteiger partial charge in [0, 0.05) is 32.7 Å². The van der Waals surface area contributed by atoms with E-state index >= 15 is 0 Å². The standard InChI is InChI=1S/C26H37N7O2/c1-4-6-10-20(5-2)17-27-23-22-24(33(19-28-22)18-21-11-8-7-9-12-21)30-25(29-23)31-13-15-32(16-14-31)26(34)35-3/h7-9,11-12,19-20H,4-6,10,13-18H2,1-3H3,(H,27,29,30). The first-order chi connectivity index (χ1) is 17.1. The number of methoxy groups -OCH3 is 1. The van der Waals surface area contributed by atoms with Gasteiger partial charge in [-0.15, -0.1) is 0 Å². The van der Waals surface area contributed by atoms with E-state index in [4.69, 9.17) is 19.7 Å². The first kappa shape index (κ1) is 24.8. The number of benzene rings is 1. The molecule has 1 aliphatic heterocycles. The molecule has 0 bridgehead atoms. The highest BCUT2D eigenvalue weighted by molar-refractivity contribution is 5.84. The Labute approximate surface area is 207 Å². The Morgan fingerprint density at radius 3 is 2.57 bits per heavy atom. The predicted octanol–water partition coefficient (Wildman–Crippen LogP) is 4.39. The number of carbonyl (C=O) groups is 1. The molecular formula is C26H37N7O2. The van der Waals surface area contributed by atoms with E-state index in [1.54, 1.807) is 4.90 Å². The van der Waals surface area contributed by atoms with Crippen LogP contribution < -0.4 is 10.2 Å². The average Bonchev–Trinajstić information content (AvgIpc) is 3.31. The van der Waals surface area contributed by atoms with Crippen molar-refractivity contribution in [1.29, 1.82) is 0 Å². The van der Waals surface area contributed by atoms with Crippen molar-refractivity contribution >= 4 is 29.0 Å². The van der Waals surface area contributed by atoms with Crippen molar-refractivity contribution in [3.63, 3.8) is 0 Å². The topological polar surface area (TPSA) is 88.4 Å². The molecule has 9 nitrogen and oxygen atoms in total. The quantitative estimate of drug-likeness (QED) is 0.461. The first-order valence-electron chi connectivity index (χ1n) is 12.7. The summed E-state index contributed by atoms with van der Waals surface area (Å²) in [5.41, 5.74) is 2.81. The zero-order chi connectivity index (χ0) is 24.6. The molecule has 3 heterocycles. The lowest BCUT2D eigenvalue weighted by Gasteiger charge is -2.34. The van der Waals surface area contributed by atoms with Gasteiger partial charge >= 0.3 is 6.09 Å². The highest BCUT2D eigenvalue weighted by atomic mass is 16.5. The van der Waals surface area contributed by atoms with Crippen LogP contribution in [0.1, 0.15) is 45.1 Å². The van der Waals surface area contributed by atoms with Crippen LogP contribution in [0.3, 0.4) is 0 Å². The summed E-state index contributed by atoms with van der Waals surface area (Å²) in [6.07, 6.45) is 6.35. The molecule has 0 radical (unpaired) electrons. The maximum atomic E-state index is 11.9. The molecule has 4 rings (SSSR count). The fraction of sp³-hybridized carbons (Fsp3) is 0.538. The molecule has 188 valence electrons. The Morgan fingerprint density at radius 1 is 1.11 bits per heavy atom. The highest BCUT2D eigenvalue weighted by Gasteiger charge is 2.25. The van der Waals surface area contributed by atoms with Crippen molar-refractivity contribution in [2.45, 2.75) is 46.1 Å². The monoisotopic (exact) mass is 479 g/mol. The van der Waals surface area contributed by atoms with E-state index in [0.717, 1.165) is 29.9 Å². The molecule has 1 saturated heterocycles. The molecule has 1 fully saturated rings. The molecule has 1 unspecified atom stereocenters. The summed E-state index contributed by atoms with van der Waals surface area (Å²) in [5, 5.41) is 3.60. The lowest BCUT2D eigenvalue weighted by molar-refractivity contribution is 0.121. The Bertz CT molecular complexity index is 1090. The number of hydrogen-bond acceptors (Lipinski definition) is 7. The number of amides is 1. The van der Waals surface area contributed by atoms with Crippen molar-refractivity contribution in [1.82, 2.24) is 24.4 Å². The van der Waals surface area contributed by atoms with Crippen molar-refractivity contribution in [2.75, 3.05) is 50.1 Å². The Kier molecular flexibility index (Phi) is 8.39. The number of nitrogens with one attached hydrogen (secondary N) is 1. The van der Waals surface area contributed by atoms with E-state index in [1.165, 1.54) is 31.9 Å². The Hall–Kier alpha value is -3.36. The Balaban J connectivity index is 1.61. The second-order valence-corrected chi connectivity index (χ2v) is 9.14.